The number of rotatable bonds is 4. The summed E-state index contributed by atoms with van der Waals surface area (Å²) >= 11 is 0. The van der Waals surface area contributed by atoms with E-state index in [4.69, 9.17) is 0 Å². The lowest BCUT2D eigenvalue weighted by Gasteiger charge is -2.34. The van der Waals surface area contributed by atoms with Crippen LogP contribution < -0.4 is 0 Å². The van der Waals surface area contributed by atoms with E-state index in [9.17, 15) is 5.11 Å². The lowest BCUT2D eigenvalue weighted by Crippen LogP contribution is -2.34. The van der Waals surface area contributed by atoms with E-state index >= 15 is 0 Å². The van der Waals surface area contributed by atoms with E-state index in [1.807, 2.05) is 30.3 Å². The molecule has 0 heterocycles. The lowest BCUT2D eigenvalue weighted by molar-refractivity contribution is 0.181. The molecule has 0 bridgehead atoms. The van der Waals surface area contributed by atoms with Crippen molar-refractivity contribution < 1.29 is 5.11 Å². The van der Waals surface area contributed by atoms with Gasteiger partial charge in [0.25, 0.3) is 0 Å². The predicted molar refractivity (Wildman–Crippen MR) is 82.4 cm³/mol. The van der Waals surface area contributed by atoms with E-state index in [0.717, 1.165) is 5.56 Å². The Labute approximate surface area is 113 Å². The predicted octanol–water partition coefficient (Wildman–Crippen LogP) is 4.71. The Morgan fingerprint density at radius 2 is 1.72 bits per heavy atom. The van der Waals surface area contributed by atoms with Crippen molar-refractivity contribution in [3.8, 4) is 0 Å². The SMILES string of the molecule is CC(C)(C)[Si](C)(C)/C=C\CC(O)c1ccccc1. The van der Waals surface area contributed by atoms with Crippen molar-refractivity contribution in [1.29, 1.82) is 0 Å². The van der Waals surface area contributed by atoms with Crippen molar-refractivity contribution in [2.24, 2.45) is 0 Å². The van der Waals surface area contributed by atoms with Crippen LogP contribution in [0.25, 0.3) is 0 Å². The van der Waals surface area contributed by atoms with Gasteiger partial charge in [0, 0.05) is 0 Å². The Morgan fingerprint density at radius 1 is 1.17 bits per heavy atom. The average molecular weight is 262 g/mol. The molecule has 1 atom stereocenters. The first-order valence-electron chi connectivity index (χ1n) is 6.65. The second kappa shape index (κ2) is 5.85. The normalized spacial score (nSPS) is 15.0. The maximum absolute atomic E-state index is 10.1. The first kappa shape index (κ1) is 15.2. The summed E-state index contributed by atoms with van der Waals surface area (Å²) in [5, 5.41) is 10.4. The number of hydrogen-bond acceptors (Lipinski definition) is 1. The van der Waals surface area contributed by atoms with Gasteiger partial charge in [-0.2, -0.15) is 0 Å². The van der Waals surface area contributed by atoms with Crippen molar-refractivity contribution in [2.45, 2.75) is 51.4 Å². The molecule has 0 saturated carbocycles. The molecule has 1 nitrogen and oxygen atoms in total. The topological polar surface area (TPSA) is 20.2 Å². The summed E-state index contributed by atoms with van der Waals surface area (Å²) in [6, 6.07) is 9.86. The van der Waals surface area contributed by atoms with Crippen LogP contribution >= 0.6 is 0 Å². The van der Waals surface area contributed by atoms with Crippen LogP contribution in [0.2, 0.25) is 18.1 Å². The van der Waals surface area contributed by atoms with E-state index in [2.05, 4.69) is 45.6 Å². The molecular formula is C16H26OSi. The van der Waals surface area contributed by atoms with Gasteiger partial charge in [-0.15, -0.1) is 0 Å². The van der Waals surface area contributed by atoms with Crippen LogP contribution in [-0.2, 0) is 0 Å². The molecule has 1 aromatic carbocycles. The van der Waals surface area contributed by atoms with Crippen molar-refractivity contribution in [3.05, 3.63) is 47.7 Å². The highest BCUT2D eigenvalue weighted by Crippen LogP contribution is 2.36. The fourth-order valence-corrected chi connectivity index (χ4v) is 2.78. The minimum absolute atomic E-state index is 0.362. The van der Waals surface area contributed by atoms with Gasteiger partial charge >= 0.3 is 0 Å². The summed E-state index contributed by atoms with van der Waals surface area (Å²) in [7, 11) is -1.36. The Morgan fingerprint density at radius 3 is 2.22 bits per heavy atom. The zero-order valence-corrected chi connectivity index (χ0v) is 13.3. The molecule has 1 unspecified atom stereocenters. The van der Waals surface area contributed by atoms with Crippen molar-refractivity contribution in [1.82, 2.24) is 0 Å². The Bertz CT molecular complexity index is 387. The number of hydrogen-bond donors (Lipinski definition) is 1. The van der Waals surface area contributed by atoms with Gasteiger partial charge in [-0.1, -0.05) is 76.0 Å². The van der Waals surface area contributed by atoms with Gasteiger partial charge in [-0.3, -0.25) is 0 Å². The molecule has 0 aliphatic heterocycles. The van der Waals surface area contributed by atoms with Crippen molar-refractivity contribution >= 4 is 8.07 Å². The van der Waals surface area contributed by atoms with Crippen molar-refractivity contribution in [2.75, 3.05) is 0 Å². The molecule has 1 N–H and O–H groups in total. The maximum atomic E-state index is 10.1. The van der Waals surface area contributed by atoms with E-state index in [1.165, 1.54) is 0 Å². The van der Waals surface area contributed by atoms with E-state index in [1.54, 1.807) is 0 Å². The summed E-state index contributed by atoms with van der Waals surface area (Å²) in [6.07, 6.45) is 2.48. The fraction of sp³-hybridized carbons (Fsp3) is 0.500. The van der Waals surface area contributed by atoms with Crippen LogP contribution in [0.5, 0.6) is 0 Å². The average Bonchev–Trinajstić information content (AvgIpc) is 2.28. The van der Waals surface area contributed by atoms with Gasteiger partial charge in [-0.25, -0.2) is 0 Å². The molecule has 0 amide bonds. The molecule has 2 heteroatoms. The highest BCUT2D eigenvalue weighted by Gasteiger charge is 2.32. The zero-order chi connectivity index (χ0) is 13.8. The Kier molecular flexibility index (Phi) is 4.94. The molecule has 0 aliphatic rings. The molecule has 0 radical (unpaired) electrons. The third-order valence-electron chi connectivity index (χ3n) is 4.01. The Hall–Kier alpha value is -0.863. The maximum Gasteiger partial charge on any atom is 0.0824 e. The smallest absolute Gasteiger partial charge is 0.0824 e. The molecule has 0 saturated heterocycles. The molecule has 1 rings (SSSR count). The van der Waals surface area contributed by atoms with Crippen LogP contribution in [0.1, 0.15) is 38.9 Å². The number of aliphatic hydroxyl groups is 1. The molecule has 100 valence electrons. The fourth-order valence-electron chi connectivity index (χ4n) is 1.55. The lowest BCUT2D eigenvalue weighted by atomic mass is 10.1. The largest absolute Gasteiger partial charge is 0.388 e. The third-order valence-corrected chi connectivity index (χ3v) is 8.95. The van der Waals surface area contributed by atoms with E-state index < -0.39 is 8.07 Å². The third kappa shape index (κ3) is 4.11. The first-order valence-corrected chi connectivity index (χ1v) is 9.72. The standard InChI is InChI=1S/C16H26OSi/c1-16(2,3)18(4,5)13-9-12-15(17)14-10-7-6-8-11-14/h6-11,13,15,17H,12H2,1-5H3/b13-9-. The summed E-state index contributed by atoms with van der Waals surface area (Å²) in [5.74, 6) is 0. The molecule has 1 aromatic rings. The number of aliphatic hydroxyl groups excluding tert-OH is 1. The first-order chi connectivity index (χ1) is 8.24. The molecule has 18 heavy (non-hydrogen) atoms. The summed E-state index contributed by atoms with van der Waals surface area (Å²) < 4.78 is 0. The summed E-state index contributed by atoms with van der Waals surface area (Å²) in [4.78, 5) is 0. The van der Waals surface area contributed by atoms with Gasteiger partial charge in [0.15, 0.2) is 0 Å². The summed E-state index contributed by atoms with van der Waals surface area (Å²) in [5.41, 5.74) is 3.36. The highest BCUT2D eigenvalue weighted by atomic mass is 28.3. The minimum atomic E-state index is -1.36. The zero-order valence-electron chi connectivity index (χ0n) is 12.3. The van der Waals surface area contributed by atoms with Crippen LogP contribution in [0, 0.1) is 0 Å². The van der Waals surface area contributed by atoms with Crippen LogP contribution in [0.3, 0.4) is 0 Å². The minimum Gasteiger partial charge on any atom is -0.388 e. The van der Waals surface area contributed by atoms with Crippen LogP contribution in [0.4, 0.5) is 0 Å². The second-order valence-corrected chi connectivity index (χ2v) is 11.8. The molecule has 0 aromatic heterocycles. The molecule has 0 aliphatic carbocycles. The monoisotopic (exact) mass is 262 g/mol. The Balaban J connectivity index is 2.61. The van der Waals surface area contributed by atoms with Gasteiger partial charge in [0.05, 0.1) is 14.2 Å². The van der Waals surface area contributed by atoms with Gasteiger partial charge in [0.1, 0.15) is 0 Å². The van der Waals surface area contributed by atoms with Gasteiger partial charge < -0.3 is 5.11 Å². The number of benzene rings is 1. The highest BCUT2D eigenvalue weighted by molar-refractivity contribution is 6.84. The van der Waals surface area contributed by atoms with Gasteiger partial charge in [-0.05, 0) is 17.0 Å². The quantitative estimate of drug-likeness (QED) is 0.779. The van der Waals surface area contributed by atoms with E-state index in [0.29, 0.717) is 11.5 Å². The molecule has 0 fully saturated rings. The van der Waals surface area contributed by atoms with E-state index in [-0.39, 0.29) is 6.10 Å². The van der Waals surface area contributed by atoms with Crippen molar-refractivity contribution in [3.63, 3.8) is 0 Å². The molecule has 0 spiro atoms. The van der Waals surface area contributed by atoms with Gasteiger partial charge in [0.2, 0.25) is 0 Å². The van der Waals surface area contributed by atoms with Crippen LogP contribution in [-0.4, -0.2) is 13.2 Å². The second-order valence-electron chi connectivity index (χ2n) is 6.54. The summed E-state index contributed by atoms with van der Waals surface area (Å²) in [6.45, 7) is 11.7. The molecular weight excluding hydrogens is 236 g/mol. The van der Waals surface area contributed by atoms with Crippen LogP contribution in [0.15, 0.2) is 42.1 Å².